The first-order chi connectivity index (χ1) is 9.70. The first-order valence-corrected chi connectivity index (χ1v) is 6.97. The summed E-state index contributed by atoms with van der Waals surface area (Å²) in [6, 6.07) is 6.15. The van der Waals surface area contributed by atoms with Gasteiger partial charge in [0.25, 0.3) is 0 Å². The molecule has 20 heavy (non-hydrogen) atoms. The smallest absolute Gasteiger partial charge is 0.224 e. The molecule has 0 aliphatic carbocycles. The van der Waals surface area contributed by atoms with E-state index in [1.54, 1.807) is 19.2 Å². The van der Waals surface area contributed by atoms with Crippen molar-refractivity contribution >= 4 is 5.91 Å². The molecule has 1 heterocycles. The molecule has 4 nitrogen and oxygen atoms in total. The predicted octanol–water partition coefficient (Wildman–Crippen LogP) is 1.63. The zero-order valence-electron chi connectivity index (χ0n) is 11.7. The molecule has 0 spiro atoms. The van der Waals surface area contributed by atoms with E-state index in [1.807, 2.05) is 0 Å². The van der Waals surface area contributed by atoms with Crippen LogP contribution in [0.25, 0.3) is 0 Å². The van der Waals surface area contributed by atoms with E-state index in [1.165, 1.54) is 12.1 Å². The Bertz CT molecular complexity index is 430. The number of benzene rings is 1. The summed E-state index contributed by atoms with van der Waals surface area (Å²) in [6.07, 6.45) is 1.70. The minimum atomic E-state index is -0.277. The molecule has 1 aliphatic rings. The largest absolute Gasteiger partial charge is 0.375 e. The Morgan fingerprint density at radius 2 is 2.25 bits per heavy atom. The Morgan fingerprint density at radius 1 is 1.50 bits per heavy atom. The topological polar surface area (TPSA) is 50.4 Å². The lowest BCUT2D eigenvalue weighted by molar-refractivity contribution is -0.126. The fourth-order valence-corrected chi connectivity index (χ4v) is 2.43. The number of nitrogens with one attached hydrogen (secondary N) is 2. The summed E-state index contributed by atoms with van der Waals surface area (Å²) in [5.74, 6) is -0.184. The van der Waals surface area contributed by atoms with Crippen LogP contribution in [-0.2, 0) is 9.53 Å². The van der Waals surface area contributed by atoms with Crippen molar-refractivity contribution < 1.29 is 13.9 Å². The quantitative estimate of drug-likeness (QED) is 0.862. The number of ether oxygens (including phenoxy) is 1. The van der Waals surface area contributed by atoms with Gasteiger partial charge in [0.2, 0.25) is 5.91 Å². The van der Waals surface area contributed by atoms with E-state index in [0.717, 1.165) is 31.5 Å². The molecule has 1 aromatic rings. The number of piperidine rings is 1. The summed E-state index contributed by atoms with van der Waals surface area (Å²) >= 11 is 0. The maximum Gasteiger partial charge on any atom is 0.224 e. The van der Waals surface area contributed by atoms with Gasteiger partial charge in [0, 0.05) is 20.2 Å². The van der Waals surface area contributed by atoms with Crippen LogP contribution in [0, 0.1) is 11.7 Å². The van der Waals surface area contributed by atoms with E-state index in [4.69, 9.17) is 4.74 Å². The molecule has 5 heteroatoms. The third kappa shape index (κ3) is 4.02. The highest BCUT2D eigenvalue weighted by atomic mass is 19.1. The van der Waals surface area contributed by atoms with Crippen molar-refractivity contribution in [2.75, 3.05) is 26.7 Å². The number of carbonyl (C=O) groups is 1. The fourth-order valence-electron chi connectivity index (χ4n) is 2.43. The van der Waals surface area contributed by atoms with Crippen LogP contribution >= 0.6 is 0 Å². The summed E-state index contributed by atoms with van der Waals surface area (Å²) in [4.78, 5) is 12.0. The second-order valence-corrected chi connectivity index (χ2v) is 5.06. The highest BCUT2D eigenvalue weighted by molar-refractivity contribution is 5.79. The lowest BCUT2D eigenvalue weighted by Crippen LogP contribution is -2.41. The predicted molar refractivity (Wildman–Crippen MR) is 74.8 cm³/mol. The average Bonchev–Trinajstić information content (AvgIpc) is 2.50. The Kier molecular flexibility index (Phi) is 5.49. The minimum absolute atomic E-state index is 0.0365. The molecule has 1 saturated heterocycles. The van der Waals surface area contributed by atoms with Crippen molar-refractivity contribution in [1.29, 1.82) is 0 Å². The summed E-state index contributed by atoms with van der Waals surface area (Å²) in [7, 11) is 1.59. The third-order valence-corrected chi connectivity index (χ3v) is 3.66. The van der Waals surface area contributed by atoms with E-state index in [9.17, 15) is 9.18 Å². The van der Waals surface area contributed by atoms with Gasteiger partial charge in [-0.2, -0.15) is 0 Å². The Hall–Kier alpha value is -1.46. The first-order valence-electron chi connectivity index (χ1n) is 6.97. The van der Waals surface area contributed by atoms with Gasteiger partial charge in [-0.05, 0) is 37.1 Å². The van der Waals surface area contributed by atoms with Crippen LogP contribution in [0.3, 0.4) is 0 Å². The van der Waals surface area contributed by atoms with Crippen molar-refractivity contribution in [2.45, 2.75) is 18.9 Å². The van der Waals surface area contributed by atoms with Crippen LogP contribution in [0.5, 0.6) is 0 Å². The van der Waals surface area contributed by atoms with Gasteiger partial charge in [-0.3, -0.25) is 4.79 Å². The molecule has 110 valence electrons. The number of methoxy groups -OCH3 is 1. The lowest BCUT2D eigenvalue weighted by Gasteiger charge is -2.23. The standard InChI is InChI=1S/C15H21FN2O2/c1-20-14(11-4-6-13(16)7-5-11)10-18-15(19)12-3-2-8-17-9-12/h4-7,12,14,17H,2-3,8-10H2,1H3,(H,18,19). The normalized spacial score (nSPS) is 20.4. The number of rotatable bonds is 5. The van der Waals surface area contributed by atoms with E-state index in [2.05, 4.69) is 10.6 Å². The Labute approximate surface area is 118 Å². The van der Waals surface area contributed by atoms with Crippen LogP contribution in [0.2, 0.25) is 0 Å². The molecular formula is C15H21FN2O2. The minimum Gasteiger partial charge on any atom is -0.375 e. The van der Waals surface area contributed by atoms with Gasteiger partial charge in [-0.15, -0.1) is 0 Å². The highest BCUT2D eigenvalue weighted by Crippen LogP contribution is 2.17. The molecule has 1 aromatic carbocycles. The molecule has 2 N–H and O–H groups in total. The number of halogens is 1. The first kappa shape index (κ1) is 14.9. The number of hydrogen-bond donors (Lipinski definition) is 2. The van der Waals surface area contributed by atoms with Gasteiger partial charge >= 0.3 is 0 Å². The maximum absolute atomic E-state index is 12.9. The number of carbonyl (C=O) groups excluding carboxylic acids is 1. The Morgan fingerprint density at radius 3 is 2.85 bits per heavy atom. The van der Waals surface area contributed by atoms with E-state index in [-0.39, 0.29) is 23.7 Å². The zero-order valence-corrected chi connectivity index (χ0v) is 11.7. The number of amides is 1. The van der Waals surface area contributed by atoms with Crippen molar-refractivity contribution in [3.63, 3.8) is 0 Å². The molecule has 1 fully saturated rings. The summed E-state index contributed by atoms with van der Waals surface area (Å²) in [6.45, 7) is 2.12. The molecule has 0 saturated carbocycles. The SMILES string of the molecule is COC(CNC(=O)C1CCCNC1)c1ccc(F)cc1. The van der Waals surface area contributed by atoms with Gasteiger partial charge in [0.15, 0.2) is 0 Å². The van der Waals surface area contributed by atoms with E-state index >= 15 is 0 Å². The van der Waals surface area contributed by atoms with Crippen LogP contribution in [0.4, 0.5) is 4.39 Å². The van der Waals surface area contributed by atoms with Gasteiger partial charge in [-0.25, -0.2) is 4.39 Å². The molecule has 1 amide bonds. The van der Waals surface area contributed by atoms with Crippen LogP contribution in [0.1, 0.15) is 24.5 Å². The maximum atomic E-state index is 12.9. The fraction of sp³-hybridized carbons (Fsp3) is 0.533. The Balaban J connectivity index is 1.86. The van der Waals surface area contributed by atoms with Crippen LogP contribution in [0.15, 0.2) is 24.3 Å². The van der Waals surface area contributed by atoms with Gasteiger partial charge in [0.05, 0.1) is 12.0 Å². The van der Waals surface area contributed by atoms with Gasteiger partial charge in [0.1, 0.15) is 5.82 Å². The molecule has 0 radical (unpaired) electrons. The average molecular weight is 280 g/mol. The molecule has 1 aliphatic heterocycles. The van der Waals surface area contributed by atoms with Crippen molar-refractivity contribution in [1.82, 2.24) is 10.6 Å². The van der Waals surface area contributed by atoms with E-state index < -0.39 is 0 Å². The highest BCUT2D eigenvalue weighted by Gasteiger charge is 2.21. The summed E-state index contributed by atoms with van der Waals surface area (Å²) < 4.78 is 18.3. The molecular weight excluding hydrogens is 259 g/mol. The summed E-state index contributed by atoms with van der Waals surface area (Å²) in [5, 5.41) is 6.14. The van der Waals surface area contributed by atoms with Crippen molar-refractivity contribution in [3.05, 3.63) is 35.6 Å². The van der Waals surface area contributed by atoms with Crippen molar-refractivity contribution in [3.8, 4) is 0 Å². The molecule has 2 rings (SSSR count). The zero-order chi connectivity index (χ0) is 14.4. The van der Waals surface area contributed by atoms with Gasteiger partial charge < -0.3 is 15.4 Å². The lowest BCUT2D eigenvalue weighted by atomic mass is 9.98. The van der Waals surface area contributed by atoms with Crippen molar-refractivity contribution in [2.24, 2.45) is 5.92 Å². The molecule has 0 bridgehead atoms. The summed E-state index contributed by atoms with van der Waals surface area (Å²) in [5.41, 5.74) is 0.857. The van der Waals surface area contributed by atoms with Gasteiger partial charge in [-0.1, -0.05) is 12.1 Å². The molecule has 0 aromatic heterocycles. The second-order valence-electron chi connectivity index (χ2n) is 5.06. The third-order valence-electron chi connectivity index (χ3n) is 3.66. The second kappa shape index (κ2) is 7.36. The van der Waals surface area contributed by atoms with Crippen LogP contribution < -0.4 is 10.6 Å². The molecule has 2 atom stereocenters. The van der Waals surface area contributed by atoms with E-state index in [0.29, 0.717) is 6.54 Å². The number of hydrogen-bond acceptors (Lipinski definition) is 3. The van der Waals surface area contributed by atoms with Crippen LogP contribution in [-0.4, -0.2) is 32.7 Å². The molecule has 2 unspecified atom stereocenters. The monoisotopic (exact) mass is 280 g/mol.